The maximum Gasteiger partial charge on any atom is 0.122 e. The van der Waals surface area contributed by atoms with E-state index in [1.807, 2.05) is 36.0 Å². The highest BCUT2D eigenvalue weighted by molar-refractivity contribution is 6.20. The third-order valence-electron chi connectivity index (χ3n) is 3.45. The second kappa shape index (κ2) is 5.21. The Morgan fingerprint density at radius 2 is 2.32 bits per heavy atom. The molecule has 2 heterocycles. The first kappa shape index (κ1) is 12.5. The zero-order valence-corrected chi connectivity index (χ0v) is 11.5. The normalized spacial score (nSPS) is 19.6. The van der Waals surface area contributed by atoms with Crippen LogP contribution in [-0.2, 0) is 6.54 Å². The highest BCUT2D eigenvalue weighted by atomic mass is 35.5. The molecule has 0 fully saturated rings. The van der Waals surface area contributed by atoms with Gasteiger partial charge in [0.2, 0.25) is 0 Å². The summed E-state index contributed by atoms with van der Waals surface area (Å²) in [5, 5.41) is 8.13. The number of para-hydroxylation sites is 1. The Morgan fingerprint density at radius 1 is 1.47 bits per heavy atom. The SMILES string of the molecule is CC(Cl)c1cn(CC2CCOc3ccccc32)nn1. The van der Waals surface area contributed by atoms with Gasteiger partial charge in [-0.2, -0.15) is 0 Å². The number of benzene rings is 1. The molecule has 2 aromatic rings. The second-order valence-electron chi connectivity index (χ2n) is 4.85. The largest absolute Gasteiger partial charge is 0.493 e. The smallest absolute Gasteiger partial charge is 0.122 e. The van der Waals surface area contributed by atoms with E-state index in [-0.39, 0.29) is 5.38 Å². The van der Waals surface area contributed by atoms with Crippen molar-refractivity contribution in [1.29, 1.82) is 0 Å². The van der Waals surface area contributed by atoms with Crippen molar-refractivity contribution in [2.75, 3.05) is 6.61 Å². The van der Waals surface area contributed by atoms with Crippen molar-refractivity contribution in [3.05, 3.63) is 41.7 Å². The van der Waals surface area contributed by atoms with E-state index in [0.717, 1.165) is 31.0 Å². The molecule has 0 N–H and O–H groups in total. The lowest BCUT2D eigenvalue weighted by Crippen LogP contribution is -2.18. The summed E-state index contributed by atoms with van der Waals surface area (Å²) in [4.78, 5) is 0. The lowest BCUT2D eigenvalue weighted by Gasteiger charge is -2.25. The van der Waals surface area contributed by atoms with Gasteiger partial charge in [0.05, 0.1) is 12.0 Å². The number of hydrogen-bond donors (Lipinski definition) is 0. The minimum Gasteiger partial charge on any atom is -0.493 e. The predicted octanol–water partition coefficient (Wildman–Crippen LogP) is 3.14. The molecular weight excluding hydrogens is 262 g/mol. The van der Waals surface area contributed by atoms with Crippen LogP contribution in [0.3, 0.4) is 0 Å². The van der Waals surface area contributed by atoms with Crippen LogP contribution in [0.2, 0.25) is 0 Å². The quantitative estimate of drug-likeness (QED) is 0.809. The first-order valence-electron chi connectivity index (χ1n) is 6.50. The van der Waals surface area contributed by atoms with Crippen LogP contribution in [0.4, 0.5) is 0 Å². The van der Waals surface area contributed by atoms with Crippen molar-refractivity contribution < 1.29 is 4.74 Å². The molecule has 3 rings (SSSR count). The van der Waals surface area contributed by atoms with Gasteiger partial charge in [0.15, 0.2) is 0 Å². The summed E-state index contributed by atoms with van der Waals surface area (Å²) < 4.78 is 7.54. The molecule has 0 amide bonds. The van der Waals surface area contributed by atoms with Gasteiger partial charge in [-0.15, -0.1) is 16.7 Å². The Hall–Kier alpha value is -1.55. The number of halogens is 1. The number of nitrogens with zero attached hydrogens (tertiary/aromatic N) is 3. The lowest BCUT2D eigenvalue weighted by molar-refractivity contribution is 0.256. The van der Waals surface area contributed by atoms with E-state index >= 15 is 0 Å². The monoisotopic (exact) mass is 277 g/mol. The van der Waals surface area contributed by atoms with E-state index in [9.17, 15) is 0 Å². The van der Waals surface area contributed by atoms with Crippen molar-refractivity contribution in [2.45, 2.75) is 31.2 Å². The third-order valence-corrected chi connectivity index (χ3v) is 3.68. The van der Waals surface area contributed by atoms with Crippen LogP contribution in [0.1, 0.15) is 35.9 Å². The number of fused-ring (bicyclic) bond motifs is 1. The second-order valence-corrected chi connectivity index (χ2v) is 5.51. The topological polar surface area (TPSA) is 39.9 Å². The van der Waals surface area contributed by atoms with Gasteiger partial charge < -0.3 is 4.74 Å². The molecular formula is C14H16ClN3O. The van der Waals surface area contributed by atoms with Gasteiger partial charge >= 0.3 is 0 Å². The number of ether oxygens (including phenoxy) is 1. The van der Waals surface area contributed by atoms with Gasteiger partial charge in [-0.25, -0.2) is 0 Å². The van der Waals surface area contributed by atoms with Crippen LogP contribution >= 0.6 is 11.6 Å². The summed E-state index contributed by atoms with van der Waals surface area (Å²) >= 11 is 6.00. The molecule has 4 nitrogen and oxygen atoms in total. The zero-order chi connectivity index (χ0) is 13.2. The van der Waals surface area contributed by atoms with E-state index in [1.54, 1.807) is 0 Å². The van der Waals surface area contributed by atoms with E-state index in [1.165, 1.54) is 5.56 Å². The minimum absolute atomic E-state index is 0.101. The minimum atomic E-state index is -0.101. The average Bonchev–Trinajstić information content (AvgIpc) is 2.88. The Labute approximate surface area is 117 Å². The van der Waals surface area contributed by atoms with Crippen LogP contribution in [0.25, 0.3) is 0 Å². The third kappa shape index (κ3) is 2.59. The van der Waals surface area contributed by atoms with Crippen LogP contribution < -0.4 is 4.74 Å². The van der Waals surface area contributed by atoms with Crippen LogP contribution in [0.5, 0.6) is 5.75 Å². The highest BCUT2D eigenvalue weighted by Crippen LogP contribution is 2.34. The maximum absolute atomic E-state index is 6.00. The summed E-state index contributed by atoms with van der Waals surface area (Å²) in [7, 11) is 0. The molecule has 1 aromatic heterocycles. The molecule has 1 aliphatic rings. The molecule has 0 aliphatic carbocycles. The van der Waals surface area contributed by atoms with Crippen LogP contribution in [-0.4, -0.2) is 21.6 Å². The first-order chi connectivity index (χ1) is 9.24. The Bertz CT molecular complexity index is 567. The van der Waals surface area contributed by atoms with E-state index in [2.05, 4.69) is 16.4 Å². The zero-order valence-electron chi connectivity index (χ0n) is 10.8. The molecule has 0 spiro atoms. The van der Waals surface area contributed by atoms with Gasteiger partial charge in [0, 0.05) is 18.7 Å². The molecule has 5 heteroatoms. The van der Waals surface area contributed by atoms with Crippen LogP contribution in [0, 0.1) is 0 Å². The molecule has 0 bridgehead atoms. The number of alkyl halides is 1. The Balaban J connectivity index is 1.80. The van der Waals surface area contributed by atoms with Crippen molar-refractivity contribution in [3.63, 3.8) is 0 Å². The van der Waals surface area contributed by atoms with Gasteiger partial charge in [0.25, 0.3) is 0 Å². The van der Waals surface area contributed by atoms with Crippen molar-refractivity contribution in [3.8, 4) is 5.75 Å². The molecule has 0 saturated heterocycles. The lowest BCUT2D eigenvalue weighted by atomic mass is 9.93. The van der Waals surface area contributed by atoms with Gasteiger partial charge in [0.1, 0.15) is 11.4 Å². The first-order valence-corrected chi connectivity index (χ1v) is 6.93. The average molecular weight is 278 g/mol. The molecule has 1 aliphatic heterocycles. The molecule has 100 valence electrons. The van der Waals surface area contributed by atoms with Crippen molar-refractivity contribution in [2.24, 2.45) is 0 Å². The number of rotatable bonds is 3. The summed E-state index contributed by atoms with van der Waals surface area (Å²) in [6, 6.07) is 8.20. The molecule has 2 unspecified atom stereocenters. The van der Waals surface area contributed by atoms with Gasteiger partial charge in [-0.05, 0) is 25.0 Å². The van der Waals surface area contributed by atoms with E-state index in [4.69, 9.17) is 16.3 Å². The van der Waals surface area contributed by atoms with Crippen molar-refractivity contribution in [1.82, 2.24) is 15.0 Å². The summed E-state index contributed by atoms with van der Waals surface area (Å²) in [6.45, 7) is 3.48. The Kier molecular flexibility index (Phi) is 3.42. The van der Waals surface area contributed by atoms with Gasteiger partial charge in [-0.3, -0.25) is 4.68 Å². The molecule has 19 heavy (non-hydrogen) atoms. The summed E-state index contributed by atoms with van der Waals surface area (Å²) in [6.07, 6.45) is 2.93. The fourth-order valence-corrected chi connectivity index (χ4v) is 2.52. The van der Waals surface area contributed by atoms with Crippen molar-refractivity contribution >= 4 is 11.6 Å². The molecule has 0 saturated carbocycles. The summed E-state index contributed by atoms with van der Waals surface area (Å²) in [5.41, 5.74) is 2.08. The standard InChI is InChI=1S/C14H16ClN3O/c1-10(15)13-9-18(17-16-13)8-11-6-7-19-14-5-3-2-4-12(11)14/h2-5,9-11H,6-8H2,1H3. The molecule has 2 atom stereocenters. The molecule has 1 aromatic carbocycles. The van der Waals surface area contributed by atoms with Crippen LogP contribution in [0.15, 0.2) is 30.5 Å². The van der Waals surface area contributed by atoms with E-state index < -0.39 is 0 Å². The fourth-order valence-electron chi connectivity index (χ4n) is 2.42. The number of hydrogen-bond acceptors (Lipinski definition) is 3. The van der Waals surface area contributed by atoms with Gasteiger partial charge in [-0.1, -0.05) is 23.4 Å². The predicted molar refractivity (Wildman–Crippen MR) is 73.6 cm³/mol. The Morgan fingerprint density at radius 3 is 3.11 bits per heavy atom. The molecule has 0 radical (unpaired) electrons. The maximum atomic E-state index is 6.00. The number of aromatic nitrogens is 3. The fraction of sp³-hybridized carbons (Fsp3) is 0.429. The summed E-state index contributed by atoms with van der Waals surface area (Å²) in [5.74, 6) is 1.41. The highest BCUT2D eigenvalue weighted by Gasteiger charge is 2.22. The van der Waals surface area contributed by atoms with E-state index in [0.29, 0.717) is 5.92 Å².